The van der Waals surface area contributed by atoms with Crippen molar-refractivity contribution in [2.45, 2.75) is 25.8 Å². The van der Waals surface area contributed by atoms with Crippen molar-refractivity contribution in [3.8, 4) is 0 Å². The molecule has 2 fully saturated rings. The smallest absolute Gasteiger partial charge is 0.257 e. The van der Waals surface area contributed by atoms with Crippen LogP contribution in [0.3, 0.4) is 0 Å². The highest BCUT2D eigenvalue weighted by atomic mass is 16.2. The van der Waals surface area contributed by atoms with Crippen LogP contribution in [-0.2, 0) is 11.8 Å². The van der Waals surface area contributed by atoms with Gasteiger partial charge in [-0.1, -0.05) is 0 Å². The van der Waals surface area contributed by atoms with Crippen molar-refractivity contribution in [3.63, 3.8) is 0 Å². The number of amides is 2. The average Bonchev–Trinajstić information content (AvgIpc) is 2.87. The van der Waals surface area contributed by atoms with Gasteiger partial charge < -0.3 is 15.1 Å². The summed E-state index contributed by atoms with van der Waals surface area (Å²) in [6.07, 6.45) is 3.55. The van der Waals surface area contributed by atoms with E-state index in [9.17, 15) is 9.59 Å². The number of aryl methyl sites for hydroxylation is 1. The molecule has 0 aliphatic carbocycles. The molecule has 3 rings (SSSR count). The van der Waals surface area contributed by atoms with E-state index in [-0.39, 0.29) is 17.9 Å². The van der Waals surface area contributed by atoms with Crippen LogP contribution < -0.4 is 5.32 Å². The fraction of sp³-hybridized carbons (Fsp3) is 0.667. The van der Waals surface area contributed by atoms with Gasteiger partial charge in [-0.3, -0.25) is 14.3 Å². The quantitative estimate of drug-likeness (QED) is 0.819. The van der Waals surface area contributed by atoms with Crippen LogP contribution in [0.4, 0.5) is 0 Å². The van der Waals surface area contributed by atoms with E-state index >= 15 is 0 Å². The van der Waals surface area contributed by atoms with Crippen LogP contribution >= 0.6 is 0 Å². The lowest BCUT2D eigenvalue weighted by atomic mass is 10.0. The Morgan fingerprint density at radius 3 is 2.91 bits per heavy atom. The number of nitrogens with one attached hydrogen (secondary N) is 1. The zero-order valence-electron chi connectivity index (χ0n) is 13.2. The lowest BCUT2D eigenvalue weighted by Gasteiger charge is -2.41. The van der Waals surface area contributed by atoms with E-state index in [4.69, 9.17) is 0 Å². The molecule has 1 atom stereocenters. The van der Waals surface area contributed by atoms with Crippen LogP contribution in [0, 0.1) is 6.92 Å². The Morgan fingerprint density at radius 2 is 2.23 bits per heavy atom. The Morgan fingerprint density at radius 1 is 1.41 bits per heavy atom. The normalized spacial score (nSPS) is 23.0. The van der Waals surface area contributed by atoms with Crippen LogP contribution in [0.5, 0.6) is 0 Å². The SMILES string of the molecule is Cc1c(C(=O)N2CCCC(N3CCNCC3=O)C2)cnn1C. The predicted octanol–water partition coefficient (Wildman–Crippen LogP) is -0.235. The van der Waals surface area contributed by atoms with Crippen molar-refractivity contribution >= 4 is 11.8 Å². The number of piperidine rings is 1. The minimum atomic E-state index is 0.0258. The number of hydrogen-bond acceptors (Lipinski definition) is 4. The maximum absolute atomic E-state index is 12.7. The van der Waals surface area contributed by atoms with Crippen molar-refractivity contribution in [2.75, 3.05) is 32.7 Å². The molecule has 1 unspecified atom stereocenters. The van der Waals surface area contributed by atoms with Crippen molar-refractivity contribution in [1.29, 1.82) is 0 Å². The molecule has 120 valence electrons. The third kappa shape index (κ3) is 2.72. The van der Waals surface area contributed by atoms with Gasteiger partial charge in [0.2, 0.25) is 5.91 Å². The van der Waals surface area contributed by atoms with Gasteiger partial charge in [0, 0.05) is 45.0 Å². The molecule has 0 aromatic carbocycles. The summed E-state index contributed by atoms with van der Waals surface area (Å²) in [4.78, 5) is 28.5. The maximum Gasteiger partial charge on any atom is 0.257 e. The lowest BCUT2D eigenvalue weighted by Crippen LogP contribution is -2.57. The van der Waals surface area contributed by atoms with Crippen molar-refractivity contribution in [3.05, 3.63) is 17.5 Å². The first-order chi connectivity index (χ1) is 10.6. The largest absolute Gasteiger partial charge is 0.336 e. The summed E-state index contributed by atoms with van der Waals surface area (Å²) in [6.45, 7) is 5.26. The zero-order valence-corrected chi connectivity index (χ0v) is 13.2. The molecule has 3 heterocycles. The number of hydrogen-bond donors (Lipinski definition) is 1. The molecule has 7 heteroatoms. The molecular weight excluding hydrogens is 282 g/mol. The van der Waals surface area contributed by atoms with Crippen molar-refractivity contribution in [1.82, 2.24) is 24.9 Å². The van der Waals surface area contributed by atoms with Crippen LogP contribution in [0.1, 0.15) is 28.9 Å². The Labute approximate surface area is 130 Å². The van der Waals surface area contributed by atoms with Crippen LogP contribution in [0.25, 0.3) is 0 Å². The van der Waals surface area contributed by atoms with Crippen LogP contribution in [0.2, 0.25) is 0 Å². The van der Waals surface area contributed by atoms with E-state index in [0.717, 1.165) is 38.2 Å². The second kappa shape index (κ2) is 6.08. The van der Waals surface area contributed by atoms with Crippen LogP contribution in [-0.4, -0.2) is 70.2 Å². The standard InChI is InChI=1S/C15H23N5O2/c1-11-13(8-17-18(11)2)15(22)19-6-3-4-12(10-19)20-7-5-16-9-14(20)21/h8,12,16H,3-7,9-10H2,1-2H3. The molecule has 0 spiro atoms. The van der Waals surface area contributed by atoms with Gasteiger partial charge >= 0.3 is 0 Å². The second-order valence-corrected chi connectivity index (χ2v) is 6.08. The molecule has 0 saturated carbocycles. The average molecular weight is 305 g/mol. The lowest BCUT2D eigenvalue weighted by molar-refractivity contribution is -0.135. The number of nitrogens with zero attached hydrogens (tertiary/aromatic N) is 4. The molecule has 22 heavy (non-hydrogen) atoms. The van der Waals surface area contributed by atoms with Gasteiger partial charge in [-0.25, -0.2) is 0 Å². The van der Waals surface area contributed by atoms with E-state index in [2.05, 4.69) is 10.4 Å². The van der Waals surface area contributed by atoms with E-state index < -0.39 is 0 Å². The first kappa shape index (κ1) is 15.0. The highest BCUT2D eigenvalue weighted by Crippen LogP contribution is 2.20. The Bertz CT molecular complexity index is 582. The summed E-state index contributed by atoms with van der Waals surface area (Å²) in [5.74, 6) is 0.168. The molecule has 0 bridgehead atoms. The Hall–Kier alpha value is -1.89. The molecule has 1 N–H and O–H groups in total. The minimum Gasteiger partial charge on any atom is -0.336 e. The fourth-order valence-corrected chi connectivity index (χ4v) is 3.28. The van der Waals surface area contributed by atoms with Gasteiger partial charge in [-0.15, -0.1) is 0 Å². The first-order valence-corrected chi connectivity index (χ1v) is 7.86. The molecule has 2 saturated heterocycles. The molecule has 1 aromatic rings. The minimum absolute atomic E-state index is 0.0258. The number of rotatable bonds is 2. The third-order valence-corrected chi connectivity index (χ3v) is 4.72. The van der Waals surface area contributed by atoms with Crippen LogP contribution in [0.15, 0.2) is 6.20 Å². The Kier molecular flexibility index (Phi) is 4.15. The van der Waals surface area contributed by atoms with Gasteiger partial charge in [-0.2, -0.15) is 5.10 Å². The predicted molar refractivity (Wildman–Crippen MR) is 81.5 cm³/mol. The van der Waals surface area contributed by atoms with Crippen molar-refractivity contribution in [2.24, 2.45) is 7.05 Å². The zero-order chi connectivity index (χ0) is 15.7. The van der Waals surface area contributed by atoms with Crippen molar-refractivity contribution < 1.29 is 9.59 Å². The number of likely N-dealkylation sites (tertiary alicyclic amines) is 1. The number of carbonyl (C=O) groups is 2. The molecule has 0 radical (unpaired) electrons. The topological polar surface area (TPSA) is 70.5 Å². The first-order valence-electron chi connectivity index (χ1n) is 7.86. The molecule has 2 aliphatic rings. The van der Waals surface area contributed by atoms with Gasteiger partial charge in [0.1, 0.15) is 0 Å². The van der Waals surface area contributed by atoms with Gasteiger partial charge in [0.15, 0.2) is 0 Å². The maximum atomic E-state index is 12.7. The summed E-state index contributed by atoms with van der Waals surface area (Å²) in [5, 5.41) is 7.24. The molecule has 2 amide bonds. The molecular formula is C15H23N5O2. The molecule has 1 aromatic heterocycles. The van der Waals surface area contributed by atoms with Gasteiger partial charge in [0.05, 0.1) is 18.3 Å². The molecule has 7 nitrogen and oxygen atoms in total. The summed E-state index contributed by atoms with van der Waals surface area (Å²) in [5.41, 5.74) is 1.54. The number of piperazine rings is 1. The van der Waals surface area contributed by atoms with E-state index in [0.29, 0.717) is 18.7 Å². The third-order valence-electron chi connectivity index (χ3n) is 4.72. The van der Waals surface area contributed by atoms with E-state index in [1.807, 2.05) is 23.8 Å². The second-order valence-electron chi connectivity index (χ2n) is 6.08. The monoisotopic (exact) mass is 305 g/mol. The summed E-state index contributed by atoms with van der Waals surface area (Å²) in [7, 11) is 1.84. The summed E-state index contributed by atoms with van der Waals surface area (Å²) in [6, 6.07) is 0.143. The van der Waals surface area contributed by atoms with E-state index in [1.165, 1.54) is 0 Å². The number of aromatic nitrogens is 2. The summed E-state index contributed by atoms with van der Waals surface area (Å²) < 4.78 is 1.72. The Balaban J connectivity index is 1.71. The fourth-order valence-electron chi connectivity index (χ4n) is 3.28. The molecule has 2 aliphatic heterocycles. The van der Waals surface area contributed by atoms with Gasteiger partial charge in [0.25, 0.3) is 5.91 Å². The highest BCUT2D eigenvalue weighted by molar-refractivity contribution is 5.95. The highest BCUT2D eigenvalue weighted by Gasteiger charge is 2.32. The summed E-state index contributed by atoms with van der Waals surface area (Å²) >= 11 is 0. The van der Waals surface area contributed by atoms with Gasteiger partial charge in [-0.05, 0) is 19.8 Å². The van der Waals surface area contributed by atoms with E-state index in [1.54, 1.807) is 10.9 Å². The number of carbonyl (C=O) groups excluding carboxylic acids is 2.